The zero-order valence-electron chi connectivity index (χ0n) is 8.58. The lowest BCUT2D eigenvalue weighted by atomic mass is 10.3. The summed E-state index contributed by atoms with van der Waals surface area (Å²) in [6, 6.07) is 7.36. The van der Waals surface area contributed by atoms with Crippen molar-refractivity contribution in [2.24, 2.45) is 0 Å². The van der Waals surface area contributed by atoms with Crippen molar-refractivity contribution in [3.8, 4) is 0 Å². The molecule has 0 saturated carbocycles. The predicted octanol–water partition coefficient (Wildman–Crippen LogP) is 1.84. The molecule has 5 nitrogen and oxygen atoms in total. The summed E-state index contributed by atoms with van der Waals surface area (Å²) in [6.45, 7) is 3.75. The molecule has 82 valence electrons. The number of carbonyl (C=O) groups is 1. The first-order valence-corrected chi connectivity index (χ1v) is 4.78. The van der Waals surface area contributed by atoms with E-state index in [9.17, 15) is 4.79 Å². The third-order valence-corrected chi connectivity index (χ3v) is 2.22. The molecule has 1 amide bonds. The Morgan fingerprint density at radius 2 is 2.31 bits per heavy atom. The second kappa shape index (κ2) is 4.06. The summed E-state index contributed by atoms with van der Waals surface area (Å²) in [5.74, 6) is 0. The Balaban J connectivity index is 2.52. The molecule has 0 aliphatic heterocycles. The van der Waals surface area contributed by atoms with Gasteiger partial charge in [-0.3, -0.25) is 0 Å². The average Bonchev–Trinajstić information content (AvgIpc) is 2.69. The van der Waals surface area contributed by atoms with Crippen LogP contribution >= 0.6 is 0 Å². The summed E-state index contributed by atoms with van der Waals surface area (Å²) in [6.07, 6.45) is 1.98. The maximum atomic E-state index is 11.1. The molecule has 0 unspecified atom stereocenters. The monoisotopic (exact) mass is 217 g/mol. The van der Waals surface area contributed by atoms with Crippen LogP contribution < -0.4 is 5.01 Å². The van der Waals surface area contributed by atoms with E-state index in [4.69, 9.17) is 5.11 Å². The van der Waals surface area contributed by atoms with Crippen LogP contribution in [0.1, 0.15) is 0 Å². The van der Waals surface area contributed by atoms with Crippen molar-refractivity contribution in [1.82, 2.24) is 9.66 Å². The quantitative estimate of drug-likeness (QED) is 0.798. The fourth-order valence-electron chi connectivity index (χ4n) is 1.52. The molecule has 0 bridgehead atoms. The molecule has 1 heterocycles. The van der Waals surface area contributed by atoms with Gasteiger partial charge in [0.05, 0.1) is 17.6 Å². The Labute approximate surface area is 92.2 Å². The minimum atomic E-state index is -1.04. The van der Waals surface area contributed by atoms with E-state index in [0.29, 0.717) is 0 Å². The normalized spacial score (nSPS) is 10.2. The summed E-state index contributed by atoms with van der Waals surface area (Å²) < 4.78 is 1.50. The van der Waals surface area contributed by atoms with Crippen LogP contribution in [-0.2, 0) is 0 Å². The van der Waals surface area contributed by atoms with Crippen molar-refractivity contribution >= 4 is 17.1 Å². The number of fused-ring (bicyclic) bond motifs is 1. The highest BCUT2D eigenvalue weighted by Crippen LogP contribution is 2.12. The number of aromatic nitrogens is 2. The molecule has 1 N–H and O–H groups in total. The lowest BCUT2D eigenvalue weighted by molar-refractivity contribution is 0.196. The maximum absolute atomic E-state index is 11.1. The Hall–Kier alpha value is -2.30. The van der Waals surface area contributed by atoms with Crippen LogP contribution in [-0.4, -0.2) is 27.4 Å². The first kappa shape index (κ1) is 10.2. The van der Waals surface area contributed by atoms with E-state index in [1.54, 1.807) is 0 Å². The highest BCUT2D eigenvalue weighted by atomic mass is 16.4. The van der Waals surface area contributed by atoms with Gasteiger partial charge in [0.1, 0.15) is 6.33 Å². The van der Waals surface area contributed by atoms with Gasteiger partial charge < -0.3 is 5.11 Å². The van der Waals surface area contributed by atoms with E-state index in [1.807, 2.05) is 24.3 Å². The summed E-state index contributed by atoms with van der Waals surface area (Å²) in [5, 5.41) is 10.2. The molecule has 0 spiro atoms. The SMILES string of the molecule is C=CCN(C(=O)O)n1cnc2ccccc21. The van der Waals surface area contributed by atoms with Gasteiger partial charge in [-0.15, -0.1) is 6.58 Å². The van der Waals surface area contributed by atoms with E-state index in [-0.39, 0.29) is 6.54 Å². The molecule has 16 heavy (non-hydrogen) atoms. The van der Waals surface area contributed by atoms with E-state index in [1.165, 1.54) is 17.1 Å². The first-order chi connectivity index (χ1) is 7.74. The van der Waals surface area contributed by atoms with E-state index in [2.05, 4.69) is 11.6 Å². The van der Waals surface area contributed by atoms with E-state index >= 15 is 0 Å². The fourth-order valence-corrected chi connectivity index (χ4v) is 1.52. The molecule has 0 radical (unpaired) electrons. The Morgan fingerprint density at radius 3 is 3.00 bits per heavy atom. The fraction of sp³-hybridized carbons (Fsp3) is 0.0909. The second-order valence-corrected chi connectivity index (χ2v) is 3.23. The number of imidazole rings is 1. The van der Waals surface area contributed by atoms with Crippen molar-refractivity contribution in [3.63, 3.8) is 0 Å². The van der Waals surface area contributed by atoms with E-state index in [0.717, 1.165) is 16.0 Å². The first-order valence-electron chi connectivity index (χ1n) is 4.78. The molecule has 0 fully saturated rings. The summed E-state index contributed by atoms with van der Waals surface area (Å²) >= 11 is 0. The van der Waals surface area contributed by atoms with Gasteiger partial charge in [-0.1, -0.05) is 18.2 Å². The summed E-state index contributed by atoms with van der Waals surface area (Å²) in [5.41, 5.74) is 1.52. The standard InChI is InChI=1S/C11H11N3O2/c1-2-7-13(11(15)16)14-8-12-9-5-3-4-6-10(9)14/h2-6,8H,1,7H2,(H,15,16). The zero-order chi connectivity index (χ0) is 11.5. The lowest BCUT2D eigenvalue weighted by Crippen LogP contribution is -2.38. The van der Waals surface area contributed by atoms with Gasteiger partial charge in [-0.25, -0.2) is 19.5 Å². The average molecular weight is 217 g/mol. The van der Waals surface area contributed by atoms with E-state index < -0.39 is 6.09 Å². The van der Waals surface area contributed by atoms with Crippen LogP contribution in [0.4, 0.5) is 4.79 Å². The Bertz CT molecular complexity index is 533. The van der Waals surface area contributed by atoms with Crippen LogP contribution in [0.3, 0.4) is 0 Å². The molecule has 2 rings (SSSR count). The molecular weight excluding hydrogens is 206 g/mol. The number of benzene rings is 1. The predicted molar refractivity (Wildman–Crippen MR) is 61.0 cm³/mol. The summed E-state index contributed by atoms with van der Waals surface area (Å²) in [7, 11) is 0. The number of para-hydroxylation sites is 2. The molecule has 5 heteroatoms. The van der Waals surface area contributed by atoms with Gasteiger partial charge in [-0.2, -0.15) is 0 Å². The van der Waals surface area contributed by atoms with Gasteiger partial charge >= 0.3 is 6.09 Å². The van der Waals surface area contributed by atoms with Gasteiger partial charge in [0.2, 0.25) is 0 Å². The van der Waals surface area contributed by atoms with Gasteiger partial charge in [0, 0.05) is 0 Å². The van der Waals surface area contributed by atoms with Crippen LogP contribution in [0.25, 0.3) is 11.0 Å². The third kappa shape index (κ3) is 1.63. The number of hydrogen-bond donors (Lipinski definition) is 1. The minimum Gasteiger partial charge on any atom is -0.464 e. The van der Waals surface area contributed by atoms with Crippen molar-refractivity contribution in [2.75, 3.05) is 11.6 Å². The summed E-state index contributed by atoms with van der Waals surface area (Å²) in [4.78, 5) is 15.2. The molecule has 1 aromatic carbocycles. The van der Waals surface area contributed by atoms with Crippen molar-refractivity contribution in [3.05, 3.63) is 43.2 Å². The maximum Gasteiger partial charge on any atom is 0.426 e. The third-order valence-electron chi connectivity index (χ3n) is 2.22. The molecule has 2 aromatic rings. The van der Waals surface area contributed by atoms with Gasteiger partial charge in [0.15, 0.2) is 0 Å². The Morgan fingerprint density at radius 1 is 1.56 bits per heavy atom. The number of carboxylic acid groups (broad SMARTS) is 1. The largest absolute Gasteiger partial charge is 0.464 e. The van der Waals surface area contributed by atoms with Crippen molar-refractivity contribution in [1.29, 1.82) is 0 Å². The molecule has 0 aliphatic carbocycles. The molecule has 1 aromatic heterocycles. The van der Waals surface area contributed by atoms with Crippen LogP contribution in [0.5, 0.6) is 0 Å². The lowest BCUT2D eigenvalue weighted by Gasteiger charge is -2.18. The molecule has 0 aliphatic rings. The minimum absolute atomic E-state index is 0.218. The molecular formula is C11H11N3O2. The number of amides is 1. The zero-order valence-corrected chi connectivity index (χ0v) is 8.58. The van der Waals surface area contributed by atoms with Crippen molar-refractivity contribution in [2.45, 2.75) is 0 Å². The van der Waals surface area contributed by atoms with Gasteiger partial charge in [0.25, 0.3) is 0 Å². The second-order valence-electron chi connectivity index (χ2n) is 3.23. The van der Waals surface area contributed by atoms with Crippen molar-refractivity contribution < 1.29 is 9.90 Å². The van der Waals surface area contributed by atoms with Crippen LogP contribution in [0, 0.1) is 0 Å². The van der Waals surface area contributed by atoms with Crippen LogP contribution in [0.15, 0.2) is 43.2 Å². The molecule has 0 atom stereocenters. The molecule has 0 saturated heterocycles. The van der Waals surface area contributed by atoms with Gasteiger partial charge in [-0.05, 0) is 12.1 Å². The highest BCUT2D eigenvalue weighted by molar-refractivity contribution is 5.82. The van der Waals surface area contributed by atoms with Crippen LogP contribution in [0.2, 0.25) is 0 Å². The number of rotatable bonds is 3. The number of nitrogens with zero attached hydrogens (tertiary/aromatic N) is 3. The highest BCUT2D eigenvalue weighted by Gasteiger charge is 2.14. The smallest absolute Gasteiger partial charge is 0.426 e. The Kier molecular flexibility index (Phi) is 2.59. The number of hydrogen-bond acceptors (Lipinski definition) is 2. The topological polar surface area (TPSA) is 58.4 Å².